The molecule has 0 aliphatic carbocycles. The number of carbonyl (C=O) groups is 1. The minimum absolute atomic E-state index is 0. The summed E-state index contributed by atoms with van der Waals surface area (Å²) in [5.74, 6) is -0.785. The maximum atomic E-state index is 11.3. The summed E-state index contributed by atoms with van der Waals surface area (Å²) in [5.41, 5.74) is 0. The van der Waals surface area contributed by atoms with Gasteiger partial charge in [0.25, 0.3) is 0 Å². The molecule has 25 heavy (non-hydrogen) atoms. The van der Waals surface area contributed by atoms with Crippen LogP contribution in [0.3, 0.4) is 0 Å². The zero-order valence-electron chi connectivity index (χ0n) is 16.0. The van der Waals surface area contributed by atoms with E-state index in [0.717, 1.165) is 38.5 Å². The third-order valence-corrected chi connectivity index (χ3v) is 5.08. The predicted octanol–water partition coefficient (Wildman–Crippen LogP) is 1.99. The summed E-state index contributed by atoms with van der Waals surface area (Å²) >= 11 is 0. The van der Waals surface area contributed by atoms with Crippen LogP contribution in [0.1, 0.15) is 96.8 Å². The quantitative estimate of drug-likeness (QED) is 0.249. The monoisotopic (exact) mass is 384 g/mol. The molecular formula is C18H33NaO5S. The summed E-state index contributed by atoms with van der Waals surface area (Å²) < 4.78 is 33.9. The Bertz CT molecular complexity index is 460. The molecule has 0 saturated heterocycles. The summed E-state index contributed by atoms with van der Waals surface area (Å²) in [5, 5.41) is 8.53. The van der Waals surface area contributed by atoms with E-state index in [0.29, 0.717) is 25.7 Å². The van der Waals surface area contributed by atoms with Crippen LogP contribution in [0, 0.1) is 0 Å². The van der Waals surface area contributed by atoms with E-state index in [9.17, 15) is 17.8 Å². The van der Waals surface area contributed by atoms with Crippen molar-refractivity contribution in [3.8, 4) is 0 Å². The van der Waals surface area contributed by atoms with Crippen molar-refractivity contribution < 1.29 is 52.4 Å². The van der Waals surface area contributed by atoms with Crippen LogP contribution in [0.15, 0.2) is 11.0 Å². The van der Waals surface area contributed by atoms with Gasteiger partial charge in [0.05, 0.1) is 0 Å². The fourth-order valence-corrected chi connectivity index (χ4v) is 3.34. The Hall–Kier alpha value is 0.120. The summed E-state index contributed by atoms with van der Waals surface area (Å²) in [6.07, 6.45) is 13.4. The molecular weight excluding hydrogens is 351 g/mol. The van der Waals surface area contributed by atoms with Gasteiger partial charge in [-0.1, -0.05) is 64.4 Å². The van der Waals surface area contributed by atoms with Gasteiger partial charge in [-0.15, -0.1) is 0 Å². The predicted molar refractivity (Wildman–Crippen MR) is 95.7 cm³/mol. The first-order valence-electron chi connectivity index (χ1n) is 9.24. The molecule has 0 rings (SSSR count). The molecule has 5 nitrogen and oxygen atoms in total. The Balaban J connectivity index is 0. The van der Waals surface area contributed by atoms with Crippen LogP contribution in [-0.2, 0) is 14.9 Å². The van der Waals surface area contributed by atoms with Gasteiger partial charge in [0, 0.05) is 11.3 Å². The molecule has 0 fully saturated rings. The average molecular weight is 385 g/mol. The van der Waals surface area contributed by atoms with Crippen molar-refractivity contribution >= 4 is 16.1 Å². The SMILES string of the molecule is CCCCCCCCC=C(CCCCCCCC(=O)O)S(=O)(=O)[O-].[Na+]. The van der Waals surface area contributed by atoms with E-state index >= 15 is 0 Å². The molecule has 0 aliphatic rings. The van der Waals surface area contributed by atoms with Gasteiger partial charge in [0.15, 0.2) is 0 Å². The van der Waals surface area contributed by atoms with Crippen molar-refractivity contribution in [1.82, 2.24) is 0 Å². The summed E-state index contributed by atoms with van der Waals surface area (Å²) in [7, 11) is -4.34. The Morgan fingerprint density at radius 3 is 1.88 bits per heavy atom. The van der Waals surface area contributed by atoms with Crippen LogP contribution in [0.4, 0.5) is 0 Å². The van der Waals surface area contributed by atoms with Crippen LogP contribution in [0.5, 0.6) is 0 Å². The Morgan fingerprint density at radius 2 is 1.36 bits per heavy atom. The molecule has 142 valence electrons. The van der Waals surface area contributed by atoms with Crippen LogP contribution >= 0.6 is 0 Å². The fourth-order valence-electron chi connectivity index (χ4n) is 2.62. The standard InChI is InChI=1S/C18H34O5S.Na/c1-2-3-4-5-6-8-11-14-17(24(21,22)23)15-12-9-7-10-13-16-18(19)20;/h14H,2-13,15-16H2,1H3,(H,19,20)(H,21,22,23);/q;+1/p-1. The van der Waals surface area contributed by atoms with E-state index in [1.165, 1.54) is 19.3 Å². The van der Waals surface area contributed by atoms with Crippen molar-refractivity contribution in [1.29, 1.82) is 0 Å². The van der Waals surface area contributed by atoms with E-state index < -0.39 is 16.1 Å². The van der Waals surface area contributed by atoms with Gasteiger partial charge in [-0.05, 0) is 32.1 Å². The number of hydrogen-bond donors (Lipinski definition) is 1. The number of carboxylic acids is 1. The molecule has 0 unspecified atom stereocenters. The minimum Gasteiger partial charge on any atom is -0.744 e. The van der Waals surface area contributed by atoms with Crippen LogP contribution in [0.2, 0.25) is 0 Å². The molecule has 0 bridgehead atoms. The van der Waals surface area contributed by atoms with E-state index in [1.807, 2.05) is 0 Å². The minimum atomic E-state index is -4.34. The number of rotatable bonds is 16. The molecule has 0 saturated carbocycles. The molecule has 0 spiro atoms. The number of hydrogen-bond acceptors (Lipinski definition) is 4. The van der Waals surface area contributed by atoms with Gasteiger partial charge >= 0.3 is 35.5 Å². The second-order valence-corrected chi connectivity index (χ2v) is 7.78. The summed E-state index contributed by atoms with van der Waals surface area (Å²) in [4.78, 5) is 10.4. The van der Waals surface area contributed by atoms with Gasteiger partial charge in [0.2, 0.25) is 0 Å². The maximum absolute atomic E-state index is 11.3. The number of allylic oxidation sites excluding steroid dienone is 2. The molecule has 0 heterocycles. The normalized spacial score (nSPS) is 12.0. The Labute approximate surface area is 175 Å². The van der Waals surface area contributed by atoms with Crippen molar-refractivity contribution in [2.24, 2.45) is 0 Å². The first kappa shape index (κ1) is 27.3. The van der Waals surface area contributed by atoms with Crippen LogP contribution in [-0.4, -0.2) is 24.0 Å². The van der Waals surface area contributed by atoms with Crippen molar-refractivity contribution in [3.63, 3.8) is 0 Å². The Morgan fingerprint density at radius 1 is 0.880 bits per heavy atom. The third kappa shape index (κ3) is 18.7. The van der Waals surface area contributed by atoms with Gasteiger partial charge in [-0.25, -0.2) is 8.42 Å². The molecule has 1 N–H and O–H groups in total. The average Bonchev–Trinajstić information content (AvgIpc) is 2.49. The van der Waals surface area contributed by atoms with Crippen LogP contribution < -0.4 is 29.6 Å². The molecule has 0 amide bonds. The second kappa shape index (κ2) is 17.5. The number of unbranched alkanes of at least 4 members (excludes halogenated alkanes) is 10. The fraction of sp³-hybridized carbons (Fsp3) is 0.833. The van der Waals surface area contributed by atoms with E-state index in [2.05, 4.69) is 6.92 Å². The van der Waals surface area contributed by atoms with Crippen molar-refractivity contribution in [2.45, 2.75) is 96.8 Å². The zero-order chi connectivity index (χ0) is 18.3. The number of aliphatic carboxylic acids is 1. The van der Waals surface area contributed by atoms with Gasteiger partial charge in [-0.2, -0.15) is 0 Å². The molecule has 0 radical (unpaired) electrons. The van der Waals surface area contributed by atoms with Gasteiger partial charge in [0.1, 0.15) is 10.1 Å². The van der Waals surface area contributed by atoms with E-state index in [4.69, 9.17) is 5.11 Å². The second-order valence-electron chi connectivity index (χ2n) is 6.34. The molecule has 0 aromatic rings. The Kier molecular flexibility index (Phi) is 19.2. The summed E-state index contributed by atoms with van der Waals surface area (Å²) in [6, 6.07) is 0. The maximum Gasteiger partial charge on any atom is 1.00 e. The zero-order valence-corrected chi connectivity index (χ0v) is 18.8. The first-order chi connectivity index (χ1) is 11.4. The topological polar surface area (TPSA) is 94.5 Å². The first-order valence-corrected chi connectivity index (χ1v) is 10.7. The number of carboxylic acid groups (broad SMARTS) is 1. The third-order valence-electron chi connectivity index (χ3n) is 4.06. The van der Waals surface area contributed by atoms with E-state index in [1.54, 1.807) is 6.08 Å². The van der Waals surface area contributed by atoms with Crippen molar-refractivity contribution in [3.05, 3.63) is 11.0 Å². The molecule has 0 aromatic heterocycles. The molecule has 0 atom stereocenters. The van der Waals surface area contributed by atoms with Crippen molar-refractivity contribution in [2.75, 3.05) is 0 Å². The van der Waals surface area contributed by atoms with Gasteiger partial charge < -0.3 is 9.66 Å². The van der Waals surface area contributed by atoms with Gasteiger partial charge in [-0.3, -0.25) is 4.79 Å². The summed E-state index contributed by atoms with van der Waals surface area (Å²) in [6.45, 7) is 2.17. The molecule has 0 aliphatic heterocycles. The molecule has 0 aromatic carbocycles. The largest absolute Gasteiger partial charge is 1.00 e. The smallest absolute Gasteiger partial charge is 0.744 e. The van der Waals surface area contributed by atoms with Crippen LogP contribution in [0.25, 0.3) is 0 Å². The molecule has 7 heteroatoms. The van der Waals surface area contributed by atoms with E-state index in [-0.39, 0.29) is 40.9 Å².